The zero-order chi connectivity index (χ0) is 17.1. The second kappa shape index (κ2) is 6.49. The highest BCUT2D eigenvalue weighted by atomic mass is 19.1. The number of hydrogen-bond donors (Lipinski definition) is 1. The SMILES string of the molecule is Cc1cc(Oc2cccc(C(=O)Nc3cccc(F)c3)n2)n(C)n1. The van der Waals surface area contributed by atoms with Gasteiger partial charge in [0.15, 0.2) is 0 Å². The van der Waals surface area contributed by atoms with Crippen molar-refractivity contribution >= 4 is 11.6 Å². The van der Waals surface area contributed by atoms with E-state index in [1.807, 2.05) is 6.92 Å². The van der Waals surface area contributed by atoms with Crippen molar-refractivity contribution in [2.45, 2.75) is 6.92 Å². The predicted molar refractivity (Wildman–Crippen MR) is 86.6 cm³/mol. The highest BCUT2D eigenvalue weighted by molar-refractivity contribution is 6.02. The summed E-state index contributed by atoms with van der Waals surface area (Å²) in [6.07, 6.45) is 0. The Morgan fingerprint density at radius 1 is 1.21 bits per heavy atom. The lowest BCUT2D eigenvalue weighted by Crippen LogP contribution is -2.14. The molecule has 122 valence electrons. The van der Waals surface area contributed by atoms with Crippen LogP contribution in [-0.2, 0) is 7.05 Å². The highest BCUT2D eigenvalue weighted by Crippen LogP contribution is 2.20. The van der Waals surface area contributed by atoms with Gasteiger partial charge in [-0.2, -0.15) is 5.10 Å². The van der Waals surface area contributed by atoms with Gasteiger partial charge < -0.3 is 10.1 Å². The van der Waals surface area contributed by atoms with Gasteiger partial charge in [0.2, 0.25) is 11.8 Å². The van der Waals surface area contributed by atoms with E-state index in [1.54, 1.807) is 42.1 Å². The molecule has 24 heavy (non-hydrogen) atoms. The molecular weight excluding hydrogens is 311 g/mol. The van der Waals surface area contributed by atoms with Gasteiger partial charge in [0, 0.05) is 24.9 Å². The second-order valence-corrected chi connectivity index (χ2v) is 5.18. The van der Waals surface area contributed by atoms with Gasteiger partial charge in [0.1, 0.15) is 11.5 Å². The third-order valence-electron chi connectivity index (χ3n) is 3.21. The van der Waals surface area contributed by atoms with Crippen LogP contribution >= 0.6 is 0 Å². The monoisotopic (exact) mass is 326 g/mol. The highest BCUT2D eigenvalue weighted by Gasteiger charge is 2.11. The Morgan fingerprint density at radius 3 is 2.71 bits per heavy atom. The zero-order valence-electron chi connectivity index (χ0n) is 13.2. The van der Waals surface area contributed by atoms with Gasteiger partial charge in [-0.05, 0) is 31.2 Å². The number of hydrogen-bond acceptors (Lipinski definition) is 4. The molecule has 0 aliphatic carbocycles. The van der Waals surface area contributed by atoms with Crippen LogP contribution in [0.5, 0.6) is 11.8 Å². The molecule has 0 aliphatic heterocycles. The fourth-order valence-electron chi connectivity index (χ4n) is 2.15. The number of rotatable bonds is 4. The van der Waals surface area contributed by atoms with Gasteiger partial charge in [0.25, 0.3) is 5.91 Å². The molecule has 7 heteroatoms. The lowest BCUT2D eigenvalue weighted by Gasteiger charge is -2.07. The molecule has 1 amide bonds. The number of halogens is 1. The Hall–Kier alpha value is -3.22. The molecule has 0 saturated carbocycles. The topological polar surface area (TPSA) is 69.0 Å². The van der Waals surface area contributed by atoms with Crippen molar-refractivity contribution in [1.29, 1.82) is 0 Å². The smallest absolute Gasteiger partial charge is 0.274 e. The zero-order valence-corrected chi connectivity index (χ0v) is 13.2. The molecule has 6 nitrogen and oxygen atoms in total. The molecule has 0 unspecified atom stereocenters. The van der Waals surface area contributed by atoms with Crippen LogP contribution in [0.4, 0.5) is 10.1 Å². The third-order valence-corrected chi connectivity index (χ3v) is 3.21. The Labute approximate surface area is 137 Å². The van der Waals surface area contributed by atoms with E-state index in [4.69, 9.17) is 4.74 Å². The molecule has 0 saturated heterocycles. The number of aryl methyl sites for hydroxylation is 2. The molecule has 1 N–H and O–H groups in total. The average molecular weight is 326 g/mol. The van der Waals surface area contributed by atoms with Crippen molar-refractivity contribution < 1.29 is 13.9 Å². The minimum Gasteiger partial charge on any atom is -0.421 e. The lowest BCUT2D eigenvalue weighted by molar-refractivity contribution is 0.102. The molecule has 0 radical (unpaired) electrons. The number of carbonyl (C=O) groups is 1. The standard InChI is InChI=1S/C17H15FN4O2/c1-11-9-16(22(2)21-11)24-15-8-4-7-14(20-15)17(23)19-13-6-3-5-12(18)10-13/h3-10H,1-2H3,(H,19,23). The van der Waals surface area contributed by atoms with Gasteiger partial charge >= 0.3 is 0 Å². The summed E-state index contributed by atoms with van der Waals surface area (Å²) in [5.41, 5.74) is 1.33. The van der Waals surface area contributed by atoms with Gasteiger partial charge in [-0.25, -0.2) is 14.1 Å². The van der Waals surface area contributed by atoms with Crippen molar-refractivity contribution in [3.8, 4) is 11.8 Å². The van der Waals surface area contributed by atoms with Crippen LogP contribution in [0.15, 0.2) is 48.5 Å². The van der Waals surface area contributed by atoms with Crippen LogP contribution < -0.4 is 10.1 Å². The Bertz CT molecular complexity index is 892. The van der Waals surface area contributed by atoms with Crippen LogP contribution in [-0.4, -0.2) is 20.7 Å². The van der Waals surface area contributed by atoms with E-state index in [0.717, 1.165) is 5.69 Å². The first kappa shape index (κ1) is 15.7. The maximum absolute atomic E-state index is 13.2. The van der Waals surface area contributed by atoms with Crippen LogP contribution in [0.1, 0.15) is 16.2 Å². The van der Waals surface area contributed by atoms with E-state index in [1.165, 1.54) is 18.2 Å². The first-order valence-electron chi connectivity index (χ1n) is 7.24. The predicted octanol–water partition coefficient (Wildman–Crippen LogP) is 3.31. The molecule has 2 aromatic heterocycles. The number of aromatic nitrogens is 3. The normalized spacial score (nSPS) is 10.5. The Morgan fingerprint density at radius 2 is 2.00 bits per heavy atom. The summed E-state index contributed by atoms with van der Waals surface area (Å²) in [7, 11) is 1.75. The summed E-state index contributed by atoms with van der Waals surface area (Å²) in [6, 6.07) is 12.3. The molecule has 2 heterocycles. The van der Waals surface area contributed by atoms with Gasteiger partial charge in [-0.3, -0.25) is 4.79 Å². The van der Waals surface area contributed by atoms with E-state index in [9.17, 15) is 9.18 Å². The molecule has 0 aliphatic rings. The summed E-state index contributed by atoms with van der Waals surface area (Å²) in [5.74, 6) is -0.0933. The van der Waals surface area contributed by atoms with Crippen molar-refractivity contribution in [1.82, 2.24) is 14.8 Å². The number of anilines is 1. The molecule has 1 aromatic carbocycles. The second-order valence-electron chi connectivity index (χ2n) is 5.18. The van der Waals surface area contributed by atoms with E-state index in [-0.39, 0.29) is 11.6 Å². The molecular formula is C17H15FN4O2. The third kappa shape index (κ3) is 3.57. The van der Waals surface area contributed by atoms with Crippen molar-refractivity contribution in [3.63, 3.8) is 0 Å². The summed E-state index contributed by atoms with van der Waals surface area (Å²) < 4.78 is 20.4. The van der Waals surface area contributed by atoms with E-state index < -0.39 is 11.7 Å². The van der Waals surface area contributed by atoms with E-state index in [0.29, 0.717) is 11.6 Å². The summed E-state index contributed by atoms with van der Waals surface area (Å²) >= 11 is 0. The molecule has 3 aromatic rings. The van der Waals surface area contributed by atoms with Crippen LogP contribution in [0.2, 0.25) is 0 Å². The number of carbonyl (C=O) groups excluding carboxylic acids is 1. The first-order chi connectivity index (χ1) is 11.5. The van der Waals surface area contributed by atoms with Gasteiger partial charge in [0.05, 0.1) is 5.69 Å². The van der Waals surface area contributed by atoms with Gasteiger partial charge in [-0.15, -0.1) is 0 Å². The minimum atomic E-state index is -0.452. The number of nitrogens with one attached hydrogen (secondary N) is 1. The quantitative estimate of drug-likeness (QED) is 0.798. The van der Waals surface area contributed by atoms with Crippen molar-refractivity contribution in [2.24, 2.45) is 7.05 Å². The molecule has 0 bridgehead atoms. The number of ether oxygens (including phenoxy) is 1. The maximum Gasteiger partial charge on any atom is 0.274 e. The van der Waals surface area contributed by atoms with E-state index >= 15 is 0 Å². The maximum atomic E-state index is 13.2. The Balaban J connectivity index is 1.77. The molecule has 0 fully saturated rings. The lowest BCUT2D eigenvalue weighted by atomic mass is 10.3. The molecule has 0 spiro atoms. The van der Waals surface area contributed by atoms with Crippen molar-refractivity contribution in [2.75, 3.05) is 5.32 Å². The molecule has 0 atom stereocenters. The summed E-state index contributed by atoms with van der Waals surface area (Å²) in [6.45, 7) is 1.85. The average Bonchev–Trinajstić information content (AvgIpc) is 2.85. The molecule has 3 rings (SSSR count). The van der Waals surface area contributed by atoms with E-state index in [2.05, 4.69) is 15.4 Å². The van der Waals surface area contributed by atoms with Crippen LogP contribution in [0.3, 0.4) is 0 Å². The fourth-order valence-corrected chi connectivity index (χ4v) is 2.15. The van der Waals surface area contributed by atoms with Gasteiger partial charge in [-0.1, -0.05) is 12.1 Å². The summed E-state index contributed by atoms with van der Waals surface area (Å²) in [4.78, 5) is 16.4. The fraction of sp³-hybridized carbons (Fsp3) is 0.118. The number of pyridine rings is 1. The van der Waals surface area contributed by atoms with Crippen LogP contribution in [0, 0.1) is 12.7 Å². The minimum absolute atomic E-state index is 0.163. The first-order valence-corrected chi connectivity index (χ1v) is 7.24. The Kier molecular flexibility index (Phi) is 4.24. The van der Waals surface area contributed by atoms with Crippen molar-refractivity contribution in [3.05, 3.63) is 65.7 Å². The number of benzene rings is 1. The number of nitrogens with zero attached hydrogens (tertiary/aromatic N) is 3. The summed E-state index contributed by atoms with van der Waals surface area (Å²) in [5, 5.41) is 6.77. The van der Waals surface area contributed by atoms with Crippen LogP contribution in [0.25, 0.3) is 0 Å². The number of amides is 1. The largest absolute Gasteiger partial charge is 0.421 e.